The highest BCUT2D eigenvalue weighted by atomic mass is 16.5. The molecule has 5 heterocycles. The second-order valence-corrected chi connectivity index (χ2v) is 9.48. The Hall–Kier alpha value is -5.05. The smallest absolute Gasteiger partial charge is 0.230 e. The predicted octanol–water partition coefficient (Wildman–Crippen LogP) is 5.03. The highest BCUT2D eigenvalue weighted by molar-refractivity contribution is 5.69. The number of rotatable bonds is 4. The molecule has 0 saturated heterocycles. The predicted molar refractivity (Wildman–Crippen MR) is 144 cm³/mol. The summed E-state index contributed by atoms with van der Waals surface area (Å²) >= 11 is 0. The molecule has 1 atom stereocenters. The number of ether oxygens (including phenoxy) is 1. The largest absolute Gasteiger partial charge is 0.420 e. The Bertz CT molecular complexity index is 1770. The Labute approximate surface area is 219 Å². The first-order valence-electron chi connectivity index (χ1n) is 12.3. The fourth-order valence-corrected chi connectivity index (χ4v) is 5.03. The maximum Gasteiger partial charge on any atom is 0.230 e. The lowest BCUT2D eigenvalue weighted by molar-refractivity contribution is 0.402. The summed E-state index contributed by atoms with van der Waals surface area (Å²) in [5, 5.41) is 9.64. The van der Waals surface area contributed by atoms with Crippen molar-refractivity contribution in [3.8, 4) is 28.8 Å². The molecule has 0 saturated carbocycles. The van der Waals surface area contributed by atoms with E-state index in [2.05, 4.69) is 33.1 Å². The third kappa shape index (κ3) is 3.43. The summed E-state index contributed by atoms with van der Waals surface area (Å²) in [7, 11) is 4.04. The maximum atomic E-state index is 6.48. The number of aryl methyl sites for hydroxylation is 1. The average Bonchev–Trinajstić information content (AvgIpc) is 3.54. The Morgan fingerprint density at radius 2 is 1.71 bits per heavy atom. The summed E-state index contributed by atoms with van der Waals surface area (Å²) < 4.78 is 10.0. The van der Waals surface area contributed by atoms with E-state index in [1.54, 1.807) is 17.0 Å². The van der Waals surface area contributed by atoms with Crippen LogP contribution in [-0.2, 0) is 0 Å². The number of nitrogens with zero attached hydrogens (tertiary/aromatic N) is 8. The molecule has 1 aliphatic heterocycles. The molecule has 6 aromatic rings. The third-order valence-corrected chi connectivity index (χ3v) is 6.88. The van der Waals surface area contributed by atoms with Crippen molar-refractivity contribution >= 4 is 11.3 Å². The topological polar surface area (TPSA) is 86.3 Å². The van der Waals surface area contributed by atoms with Crippen LogP contribution in [0.2, 0.25) is 0 Å². The van der Waals surface area contributed by atoms with Gasteiger partial charge in [-0.2, -0.15) is 5.10 Å². The fraction of sp³-hybridized carbons (Fsp3) is 0.138. The van der Waals surface area contributed by atoms with Gasteiger partial charge in [0.25, 0.3) is 0 Å². The van der Waals surface area contributed by atoms with E-state index in [0.29, 0.717) is 23.2 Å². The number of fused-ring (bicyclic) bond motifs is 4. The summed E-state index contributed by atoms with van der Waals surface area (Å²) in [5.74, 6) is 1.52. The minimum Gasteiger partial charge on any atom is -0.420 e. The Morgan fingerprint density at radius 1 is 0.895 bits per heavy atom. The first-order valence-corrected chi connectivity index (χ1v) is 12.3. The summed E-state index contributed by atoms with van der Waals surface area (Å²) in [4.78, 5) is 16.1. The number of anilines is 1. The molecular formula is C29H24N8O. The second kappa shape index (κ2) is 8.52. The zero-order chi connectivity index (χ0) is 25.8. The van der Waals surface area contributed by atoms with Gasteiger partial charge < -0.3 is 9.64 Å². The molecule has 0 aliphatic carbocycles. The first kappa shape index (κ1) is 22.2. The van der Waals surface area contributed by atoms with Gasteiger partial charge in [0.15, 0.2) is 11.5 Å². The van der Waals surface area contributed by atoms with E-state index in [0.717, 1.165) is 39.3 Å². The number of benzene rings is 2. The lowest BCUT2D eigenvalue weighted by atomic mass is 9.85. The van der Waals surface area contributed by atoms with Gasteiger partial charge in [0, 0.05) is 37.7 Å². The first-order chi connectivity index (χ1) is 18.6. The van der Waals surface area contributed by atoms with Gasteiger partial charge >= 0.3 is 0 Å². The molecule has 0 unspecified atom stereocenters. The molecule has 9 heteroatoms. The van der Waals surface area contributed by atoms with Gasteiger partial charge in [-0.15, -0.1) is 5.10 Å². The summed E-state index contributed by atoms with van der Waals surface area (Å²) in [5.41, 5.74) is 7.31. The van der Waals surface area contributed by atoms with Crippen LogP contribution in [0.1, 0.15) is 28.3 Å². The Morgan fingerprint density at radius 3 is 2.45 bits per heavy atom. The van der Waals surface area contributed by atoms with Gasteiger partial charge in [-0.05, 0) is 55.0 Å². The summed E-state index contributed by atoms with van der Waals surface area (Å²) in [6.45, 7) is 2.01. The van der Waals surface area contributed by atoms with Crippen LogP contribution in [0.5, 0.6) is 11.8 Å². The summed E-state index contributed by atoms with van der Waals surface area (Å²) in [6, 6.07) is 22.2. The van der Waals surface area contributed by atoms with E-state index < -0.39 is 0 Å². The van der Waals surface area contributed by atoms with Crippen molar-refractivity contribution < 1.29 is 4.74 Å². The van der Waals surface area contributed by atoms with Crippen LogP contribution in [0.15, 0.2) is 85.5 Å². The van der Waals surface area contributed by atoms with Crippen LogP contribution >= 0.6 is 0 Å². The van der Waals surface area contributed by atoms with Gasteiger partial charge in [-0.3, -0.25) is 4.98 Å². The molecule has 186 valence electrons. The number of para-hydroxylation sites is 1. The Kier molecular flexibility index (Phi) is 4.97. The molecule has 38 heavy (non-hydrogen) atoms. The van der Waals surface area contributed by atoms with Crippen LogP contribution in [0.4, 0.5) is 5.69 Å². The molecule has 1 aliphatic rings. The SMILES string of the molecule is Cc1nn(-c2ccccc2)c2c1[C@H](c1cccnc1)c1c(ncn3nc(-c4ccc(N(C)C)cc4)nc13)O2. The average molecular weight is 501 g/mol. The van der Waals surface area contributed by atoms with E-state index in [-0.39, 0.29) is 5.92 Å². The van der Waals surface area contributed by atoms with Crippen LogP contribution in [0, 0.1) is 6.92 Å². The highest BCUT2D eigenvalue weighted by Gasteiger charge is 2.38. The lowest BCUT2D eigenvalue weighted by Crippen LogP contribution is -2.16. The molecule has 0 fully saturated rings. The van der Waals surface area contributed by atoms with E-state index in [9.17, 15) is 0 Å². The molecule has 9 nitrogen and oxygen atoms in total. The van der Waals surface area contributed by atoms with Crippen molar-refractivity contribution in [3.05, 3.63) is 108 Å². The molecule has 0 radical (unpaired) electrons. The molecule has 0 N–H and O–H groups in total. The van der Waals surface area contributed by atoms with Crippen LogP contribution < -0.4 is 9.64 Å². The second-order valence-electron chi connectivity index (χ2n) is 9.48. The van der Waals surface area contributed by atoms with Crippen molar-refractivity contribution in [1.29, 1.82) is 0 Å². The molecule has 4 aromatic heterocycles. The highest BCUT2D eigenvalue weighted by Crippen LogP contribution is 2.49. The van der Waals surface area contributed by atoms with Gasteiger partial charge in [-0.25, -0.2) is 19.2 Å². The van der Waals surface area contributed by atoms with Crippen molar-refractivity contribution in [3.63, 3.8) is 0 Å². The van der Waals surface area contributed by atoms with Crippen LogP contribution in [0.3, 0.4) is 0 Å². The maximum absolute atomic E-state index is 6.48. The molecule has 0 amide bonds. The standard InChI is InChI=1S/C29H24N8O/c1-18-23-24(20-8-7-15-30-16-20)25-27-32-26(19-11-13-21(14-12-19)35(2)3)34-36(27)17-31-28(25)38-29(23)37(33-18)22-9-5-4-6-10-22/h4-17,24H,1-3H3/t24-/m0/s1. The van der Waals surface area contributed by atoms with Crippen molar-refractivity contribution in [2.24, 2.45) is 0 Å². The van der Waals surface area contributed by atoms with Gasteiger partial charge in [0.2, 0.25) is 11.8 Å². The van der Waals surface area contributed by atoms with E-state index >= 15 is 0 Å². The van der Waals surface area contributed by atoms with Gasteiger partial charge in [0.05, 0.1) is 28.4 Å². The zero-order valence-corrected chi connectivity index (χ0v) is 21.1. The fourth-order valence-electron chi connectivity index (χ4n) is 5.03. The lowest BCUT2D eigenvalue weighted by Gasteiger charge is -2.26. The van der Waals surface area contributed by atoms with Gasteiger partial charge in [-0.1, -0.05) is 24.3 Å². The third-order valence-electron chi connectivity index (χ3n) is 6.88. The van der Waals surface area contributed by atoms with Crippen molar-refractivity contribution in [1.82, 2.24) is 34.3 Å². The van der Waals surface area contributed by atoms with Crippen LogP contribution in [-0.4, -0.2) is 48.4 Å². The number of pyridine rings is 1. The number of aromatic nitrogens is 7. The van der Waals surface area contributed by atoms with E-state index in [1.165, 1.54) is 0 Å². The number of hydrogen-bond donors (Lipinski definition) is 0. The van der Waals surface area contributed by atoms with Crippen molar-refractivity contribution in [2.45, 2.75) is 12.8 Å². The van der Waals surface area contributed by atoms with Crippen LogP contribution in [0.25, 0.3) is 22.7 Å². The monoisotopic (exact) mass is 500 g/mol. The molecular weight excluding hydrogens is 476 g/mol. The van der Waals surface area contributed by atoms with Crippen molar-refractivity contribution in [2.75, 3.05) is 19.0 Å². The normalized spacial score (nSPS) is 14.1. The summed E-state index contributed by atoms with van der Waals surface area (Å²) in [6.07, 6.45) is 5.31. The quantitative estimate of drug-likeness (QED) is 0.335. The zero-order valence-electron chi connectivity index (χ0n) is 21.1. The molecule has 0 spiro atoms. The van der Waals surface area contributed by atoms with E-state index in [4.69, 9.17) is 19.9 Å². The minimum absolute atomic E-state index is 0.232. The number of hydrogen-bond acceptors (Lipinski definition) is 7. The molecule has 2 aromatic carbocycles. The van der Waals surface area contributed by atoms with E-state index in [1.807, 2.05) is 80.4 Å². The molecule has 0 bridgehead atoms. The van der Waals surface area contributed by atoms with Gasteiger partial charge in [0.1, 0.15) is 6.33 Å². The minimum atomic E-state index is -0.232. The Balaban J connectivity index is 1.44. The molecule has 7 rings (SSSR count).